The molecule has 0 aromatic carbocycles. The molecule has 0 aliphatic carbocycles. The molecule has 0 unspecified atom stereocenters. The van der Waals surface area contributed by atoms with Crippen LogP contribution in [0.5, 0.6) is 0 Å². The number of unbranched alkanes of at least 4 members (excludes halogenated alkanes) is 1. The number of hydrogen-bond acceptors (Lipinski definition) is 4. The molecule has 0 aliphatic heterocycles. The minimum absolute atomic E-state index is 0.00322. The van der Waals surface area contributed by atoms with Gasteiger partial charge in [-0.25, -0.2) is 0 Å². The third kappa shape index (κ3) is 7.82. The second-order valence-electron chi connectivity index (χ2n) is 3.69. The topological polar surface area (TPSA) is 53.7 Å². The van der Waals surface area contributed by atoms with E-state index in [0.717, 1.165) is 19.3 Å². The maximum atomic E-state index is 5.98. The molecule has 0 saturated heterocycles. The normalized spacial score (nSPS) is 14.7. The van der Waals surface area contributed by atoms with E-state index >= 15 is 0 Å². The maximum absolute atomic E-state index is 5.98. The highest BCUT2D eigenvalue weighted by atomic mass is 16.7. The lowest BCUT2D eigenvalue weighted by Crippen LogP contribution is -2.35. The van der Waals surface area contributed by atoms with Crippen LogP contribution in [0.4, 0.5) is 0 Å². The molecule has 4 heteroatoms. The fraction of sp³-hybridized carbons (Fsp3) is 0.833. The Labute approximate surface area is 98.7 Å². The summed E-state index contributed by atoms with van der Waals surface area (Å²) in [7, 11) is 1.64. The van der Waals surface area contributed by atoms with Crippen molar-refractivity contribution in [2.45, 2.75) is 38.3 Å². The molecule has 2 N–H and O–H groups in total. The summed E-state index contributed by atoms with van der Waals surface area (Å²) in [5.41, 5.74) is 5.98. The standard InChI is InChI=1S/C12H25NO3/c1-4-6-7-11(13)12(5-2)16-10-15-9-8-14-3/h5,11-12H,2,4,6-10,13H2,1,3H3/t11-,12-/m1/s1. The summed E-state index contributed by atoms with van der Waals surface area (Å²) in [5, 5.41) is 0. The van der Waals surface area contributed by atoms with Crippen LogP contribution < -0.4 is 5.73 Å². The van der Waals surface area contributed by atoms with Gasteiger partial charge in [-0.05, 0) is 6.42 Å². The molecule has 0 rings (SSSR count). The van der Waals surface area contributed by atoms with Gasteiger partial charge < -0.3 is 19.9 Å². The van der Waals surface area contributed by atoms with Crippen molar-refractivity contribution in [3.63, 3.8) is 0 Å². The first-order chi connectivity index (χ1) is 7.76. The van der Waals surface area contributed by atoms with Crippen LogP contribution in [0.1, 0.15) is 26.2 Å². The van der Waals surface area contributed by atoms with Crippen LogP contribution in [0.25, 0.3) is 0 Å². The number of ether oxygens (including phenoxy) is 3. The zero-order valence-corrected chi connectivity index (χ0v) is 10.5. The third-order valence-electron chi connectivity index (χ3n) is 2.32. The van der Waals surface area contributed by atoms with Gasteiger partial charge in [-0.3, -0.25) is 0 Å². The van der Waals surface area contributed by atoms with Crippen LogP contribution in [-0.2, 0) is 14.2 Å². The molecular weight excluding hydrogens is 206 g/mol. The summed E-state index contributed by atoms with van der Waals surface area (Å²) in [4.78, 5) is 0. The number of rotatable bonds is 11. The molecule has 0 bridgehead atoms. The Kier molecular flexibility index (Phi) is 10.8. The van der Waals surface area contributed by atoms with E-state index in [-0.39, 0.29) is 18.9 Å². The smallest absolute Gasteiger partial charge is 0.147 e. The summed E-state index contributed by atoms with van der Waals surface area (Å²) in [6.45, 7) is 7.20. The van der Waals surface area contributed by atoms with Crippen molar-refractivity contribution >= 4 is 0 Å². The van der Waals surface area contributed by atoms with E-state index < -0.39 is 0 Å². The predicted molar refractivity (Wildman–Crippen MR) is 65.3 cm³/mol. The predicted octanol–water partition coefficient (Wildman–Crippen LogP) is 1.70. The van der Waals surface area contributed by atoms with Gasteiger partial charge in [0, 0.05) is 13.2 Å². The summed E-state index contributed by atoms with van der Waals surface area (Å²) < 4.78 is 15.5. The van der Waals surface area contributed by atoms with Crippen LogP contribution in [0.3, 0.4) is 0 Å². The average molecular weight is 231 g/mol. The monoisotopic (exact) mass is 231 g/mol. The average Bonchev–Trinajstić information content (AvgIpc) is 2.31. The van der Waals surface area contributed by atoms with Crippen LogP contribution in [-0.4, -0.2) is 39.3 Å². The van der Waals surface area contributed by atoms with Crippen LogP contribution in [0.2, 0.25) is 0 Å². The maximum Gasteiger partial charge on any atom is 0.147 e. The van der Waals surface area contributed by atoms with E-state index in [1.807, 2.05) is 0 Å². The first kappa shape index (κ1) is 15.6. The largest absolute Gasteiger partial charge is 0.382 e. The molecule has 0 spiro atoms. The highest BCUT2D eigenvalue weighted by molar-refractivity contribution is 4.88. The molecule has 0 aliphatic rings. The van der Waals surface area contributed by atoms with E-state index in [4.69, 9.17) is 19.9 Å². The molecule has 0 fully saturated rings. The molecule has 0 heterocycles. The molecule has 0 aromatic heterocycles. The van der Waals surface area contributed by atoms with E-state index in [9.17, 15) is 0 Å². The van der Waals surface area contributed by atoms with Crippen LogP contribution in [0.15, 0.2) is 12.7 Å². The fourth-order valence-corrected chi connectivity index (χ4v) is 1.30. The lowest BCUT2D eigenvalue weighted by molar-refractivity contribution is -0.0904. The first-order valence-electron chi connectivity index (χ1n) is 5.82. The van der Waals surface area contributed by atoms with Gasteiger partial charge in [0.15, 0.2) is 0 Å². The van der Waals surface area contributed by atoms with Gasteiger partial charge in [0.2, 0.25) is 0 Å². The van der Waals surface area contributed by atoms with Crippen LogP contribution in [0, 0.1) is 0 Å². The summed E-state index contributed by atoms with van der Waals surface area (Å²) in [6.07, 6.45) is 4.81. The van der Waals surface area contributed by atoms with Gasteiger partial charge in [-0.1, -0.05) is 25.8 Å². The van der Waals surface area contributed by atoms with Gasteiger partial charge in [0.1, 0.15) is 6.79 Å². The Hall–Kier alpha value is -0.420. The van der Waals surface area contributed by atoms with Gasteiger partial charge in [-0.15, -0.1) is 6.58 Å². The summed E-state index contributed by atoms with van der Waals surface area (Å²) >= 11 is 0. The lowest BCUT2D eigenvalue weighted by atomic mass is 10.1. The fourth-order valence-electron chi connectivity index (χ4n) is 1.30. The molecule has 96 valence electrons. The summed E-state index contributed by atoms with van der Waals surface area (Å²) in [5.74, 6) is 0. The number of methoxy groups -OCH3 is 1. The van der Waals surface area contributed by atoms with Crippen molar-refractivity contribution in [1.29, 1.82) is 0 Å². The molecule has 0 radical (unpaired) electrons. The van der Waals surface area contributed by atoms with Gasteiger partial charge in [0.05, 0.1) is 19.3 Å². The SMILES string of the molecule is C=C[C@@H](OCOCCOC)[C@H](N)CCCC. The van der Waals surface area contributed by atoms with E-state index in [1.165, 1.54) is 0 Å². The molecule has 0 amide bonds. The van der Waals surface area contributed by atoms with Gasteiger partial charge >= 0.3 is 0 Å². The second kappa shape index (κ2) is 11.1. The highest BCUT2D eigenvalue weighted by Gasteiger charge is 2.14. The van der Waals surface area contributed by atoms with Crippen molar-refractivity contribution in [3.05, 3.63) is 12.7 Å². The van der Waals surface area contributed by atoms with Gasteiger partial charge in [0.25, 0.3) is 0 Å². The number of hydrogen-bond donors (Lipinski definition) is 1. The summed E-state index contributed by atoms with van der Waals surface area (Å²) in [6, 6.07) is 0.00322. The number of nitrogens with two attached hydrogens (primary N) is 1. The lowest BCUT2D eigenvalue weighted by Gasteiger charge is -2.20. The Bertz CT molecular complexity index is 164. The van der Waals surface area contributed by atoms with Crippen molar-refractivity contribution in [3.8, 4) is 0 Å². The van der Waals surface area contributed by atoms with Crippen molar-refractivity contribution in [2.75, 3.05) is 27.1 Å². The third-order valence-corrected chi connectivity index (χ3v) is 2.32. The van der Waals surface area contributed by atoms with Crippen LogP contribution >= 0.6 is 0 Å². The zero-order valence-electron chi connectivity index (χ0n) is 10.5. The molecular formula is C12H25NO3. The Morgan fingerprint density at radius 3 is 2.69 bits per heavy atom. The second-order valence-corrected chi connectivity index (χ2v) is 3.69. The van der Waals surface area contributed by atoms with Crippen molar-refractivity contribution in [1.82, 2.24) is 0 Å². The Balaban J connectivity index is 3.60. The first-order valence-corrected chi connectivity index (χ1v) is 5.82. The quantitative estimate of drug-likeness (QED) is 0.334. The molecule has 0 aromatic rings. The highest BCUT2D eigenvalue weighted by Crippen LogP contribution is 2.07. The van der Waals surface area contributed by atoms with E-state index in [1.54, 1.807) is 13.2 Å². The Morgan fingerprint density at radius 1 is 1.38 bits per heavy atom. The van der Waals surface area contributed by atoms with Crippen molar-refractivity contribution in [2.24, 2.45) is 5.73 Å². The molecule has 2 atom stereocenters. The Morgan fingerprint density at radius 2 is 2.12 bits per heavy atom. The zero-order chi connectivity index (χ0) is 12.2. The van der Waals surface area contributed by atoms with Gasteiger partial charge in [-0.2, -0.15) is 0 Å². The van der Waals surface area contributed by atoms with E-state index in [2.05, 4.69) is 13.5 Å². The molecule has 4 nitrogen and oxygen atoms in total. The van der Waals surface area contributed by atoms with E-state index in [0.29, 0.717) is 13.2 Å². The molecule has 0 saturated carbocycles. The van der Waals surface area contributed by atoms with Crippen molar-refractivity contribution < 1.29 is 14.2 Å². The minimum Gasteiger partial charge on any atom is -0.382 e. The minimum atomic E-state index is -0.130. The molecule has 16 heavy (non-hydrogen) atoms.